The third-order valence-corrected chi connectivity index (χ3v) is 2.92. The Morgan fingerprint density at radius 2 is 1.79 bits per heavy atom. The molecule has 2 aromatic rings. The number of alkyl halides is 1. The first kappa shape index (κ1) is 9.41. The van der Waals surface area contributed by atoms with E-state index in [2.05, 4.69) is 15.9 Å². The average Bonchev–Trinajstić information content (AvgIpc) is 2.27. The zero-order chi connectivity index (χ0) is 9.97. The van der Waals surface area contributed by atoms with E-state index in [-0.39, 0.29) is 0 Å². The van der Waals surface area contributed by atoms with Gasteiger partial charge in [-0.05, 0) is 16.3 Å². The van der Waals surface area contributed by atoms with Crippen LogP contribution in [0.15, 0.2) is 36.4 Å². The van der Waals surface area contributed by atoms with E-state index in [0.717, 1.165) is 28.0 Å². The van der Waals surface area contributed by atoms with Crippen molar-refractivity contribution in [1.29, 1.82) is 0 Å². The van der Waals surface area contributed by atoms with Gasteiger partial charge >= 0.3 is 0 Å². The highest BCUT2D eigenvalue weighted by molar-refractivity contribution is 9.08. The van der Waals surface area contributed by atoms with Gasteiger partial charge in [0.25, 0.3) is 0 Å². The molecular weight excluding hydrogens is 240 g/mol. The monoisotopic (exact) mass is 248 g/mol. The van der Waals surface area contributed by atoms with Gasteiger partial charge in [-0.2, -0.15) is 0 Å². The third kappa shape index (κ3) is 1.46. The highest BCUT2D eigenvalue weighted by atomic mass is 79.9. The second-order valence-corrected chi connectivity index (χ2v) is 3.67. The molecule has 0 N–H and O–H groups in total. The number of fused-ring (bicyclic) bond motifs is 1. The molecule has 0 aliphatic rings. The topological polar surface area (TPSA) is 17.1 Å². The Kier molecular flexibility index (Phi) is 2.64. The third-order valence-electron chi connectivity index (χ3n) is 2.32. The Balaban J connectivity index is 2.84. The summed E-state index contributed by atoms with van der Waals surface area (Å²) < 4.78 is 0. The lowest BCUT2D eigenvalue weighted by Gasteiger charge is -2.05. The number of carbonyl (C=O) groups excluding carboxylic acids is 1. The molecule has 0 atom stereocenters. The van der Waals surface area contributed by atoms with Gasteiger partial charge in [-0.1, -0.05) is 52.3 Å². The number of benzene rings is 2. The van der Waals surface area contributed by atoms with Crippen LogP contribution in [0.25, 0.3) is 10.8 Å². The molecule has 0 amide bonds. The van der Waals surface area contributed by atoms with Crippen LogP contribution in [0.3, 0.4) is 0 Å². The summed E-state index contributed by atoms with van der Waals surface area (Å²) in [5, 5.41) is 2.99. The fourth-order valence-corrected chi connectivity index (χ4v) is 2.09. The van der Waals surface area contributed by atoms with Gasteiger partial charge in [0.1, 0.15) is 0 Å². The molecule has 2 heteroatoms. The van der Waals surface area contributed by atoms with Crippen molar-refractivity contribution in [1.82, 2.24) is 0 Å². The van der Waals surface area contributed by atoms with E-state index in [0.29, 0.717) is 0 Å². The fraction of sp³-hybridized carbons (Fsp3) is 0.0833. The number of hydrogen-bond acceptors (Lipinski definition) is 1. The van der Waals surface area contributed by atoms with Crippen LogP contribution in [0, 0.1) is 0 Å². The van der Waals surface area contributed by atoms with Crippen molar-refractivity contribution in [3.05, 3.63) is 47.5 Å². The molecule has 2 rings (SSSR count). The van der Waals surface area contributed by atoms with E-state index in [1.54, 1.807) is 0 Å². The number of halogens is 1. The Hall–Kier alpha value is -1.15. The van der Waals surface area contributed by atoms with Gasteiger partial charge in [0.15, 0.2) is 6.29 Å². The van der Waals surface area contributed by atoms with Crippen molar-refractivity contribution < 1.29 is 4.79 Å². The first-order valence-electron chi connectivity index (χ1n) is 4.38. The molecule has 0 radical (unpaired) electrons. The predicted molar refractivity (Wildman–Crippen MR) is 62.0 cm³/mol. The predicted octanol–water partition coefficient (Wildman–Crippen LogP) is 3.55. The van der Waals surface area contributed by atoms with E-state index in [4.69, 9.17) is 0 Å². The van der Waals surface area contributed by atoms with Gasteiger partial charge in [0.2, 0.25) is 0 Å². The van der Waals surface area contributed by atoms with Gasteiger partial charge in [-0.15, -0.1) is 0 Å². The Morgan fingerprint density at radius 1 is 1.07 bits per heavy atom. The van der Waals surface area contributed by atoms with Crippen LogP contribution in [0.4, 0.5) is 0 Å². The van der Waals surface area contributed by atoms with Crippen molar-refractivity contribution in [2.45, 2.75) is 5.33 Å². The molecule has 0 aliphatic carbocycles. The van der Waals surface area contributed by atoms with E-state index >= 15 is 0 Å². The van der Waals surface area contributed by atoms with Crippen LogP contribution >= 0.6 is 15.9 Å². The number of hydrogen-bond donors (Lipinski definition) is 0. The summed E-state index contributed by atoms with van der Waals surface area (Å²) in [6.07, 6.45) is 0.903. The molecule has 70 valence electrons. The zero-order valence-corrected chi connectivity index (χ0v) is 9.12. The molecule has 0 saturated heterocycles. The highest BCUT2D eigenvalue weighted by Crippen LogP contribution is 2.23. The van der Waals surface area contributed by atoms with Crippen LogP contribution in [-0.2, 0) is 5.33 Å². The fourth-order valence-electron chi connectivity index (χ4n) is 1.60. The van der Waals surface area contributed by atoms with E-state index in [9.17, 15) is 4.79 Å². The molecule has 0 unspecified atom stereocenters. The molecule has 2 aromatic carbocycles. The first-order valence-corrected chi connectivity index (χ1v) is 5.50. The second kappa shape index (κ2) is 3.93. The van der Waals surface area contributed by atoms with Gasteiger partial charge in [0, 0.05) is 10.9 Å². The Morgan fingerprint density at radius 3 is 2.43 bits per heavy atom. The van der Waals surface area contributed by atoms with E-state index < -0.39 is 0 Å². The van der Waals surface area contributed by atoms with Gasteiger partial charge in [-0.25, -0.2) is 0 Å². The summed E-state index contributed by atoms with van der Waals surface area (Å²) in [4.78, 5) is 10.8. The molecule has 0 fully saturated rings. The minimum atomic E-state index is 0.755. The summed E-state index contributed by atoms with van der Waals surface area (Å²) in [6, 6.07) is 11.8. The first-order chi connectivity index (χ1) is 6.86. The van der Waals surface area contributed by atoms with Crippen LogP contribution in [0.1, 0.15) is 15.9 Å². The molecule has 0 spiro atoms. The van der Waals surface area contributed by atoms with Crippen LogP contribution in [0.2, 0.25) is 0 Å². The van der Waals surface area contributed by atoms with Crippen LogP contribution in [0.5, 0.6) is 0 Å². The number of rotatable bonds is 2. The lowest BCUT2D eigenvalue weighted by Crippen LogP contribution is -1.87. The van der Waals surface area contributed by atoms with E-state index in [1.807, 2.05) is 36.4 Å². The standard InChI is InChI=1S/C12H9BrO/c13-7-9-5-6-10(8-14)12-4-2-1-3-11(9)12/h1-6,8H,7H2. The maximum absolute atomic E-state index is 10.8. The van der Waals surface area contributed by atoms with E-state index in [1.165, 1.54) is 5.56 Å². The Labute approximate surface area is 90.9 Å². The maximum atomic E-state index is 10.8. The summed E-state index contributed by atoms with van der Waals surface area (Å²) in [5.41, 5.74) is 1.97. The molecule has 0 aromatic heterocycles. The lowest BCUT2D eigenvalue weighted by atomic mass is 10.0. The van der Waals surface area contributed by atoms with Crippen molar-refractivity contribution in [2.24, 2.45) is 0 Å². The van der Waals surface area contributed by atoms with Crippen molar-refractivity contribution in [2.75, 3.05) is 0 Å². The average molecular weight is 249 g/mol. The maximum Gasteiger partial charge on any atom is 0.150 e. The normalized spacial score (nSPS) is 10.4. The van der Waals surface area contributed by atoms with Crippen molar-refractivity contribution >= 4 is 33.0 Å². The number of carbonyl (C=O) groups is 1. The second-order valence-electron chi connectivity index (χ2n) is 3.11. The smallest absolute Gasteiger partial charge is 0.150 e. The molecule has 1 nitrogen and oxygen atoms in total. The molecular formula is C12H9BrO. The largest absolute Gasteiger partial charge is 0.298 e. The summed E-state index contributed by atoms with van der Waals surface area (Å²) in [7, 11) is 0. The summed E-state index contributed by atoms with van der Waals surface area (Å²) >= 11 is 3.44. The minimum absolute atomic E-state index is 0.755. The molecule has 0 heterocycles. The molecule has 0 aliphatic heterocycles. The zero-order valence-electron chi connectivity index (χ0n) is 7.53. The van der Waals surface area contributed by atoms with Gasteiger partial charge in [-0.3, -0.25) is 4.79 Å². The number of aldehydes is 1. The minimum Gasteiger partial charge on any atom is -0.298 e. The SMILES string of the molecule is O=Cc1ccc(CBr)c2ccccc12. The van der Waals surface area contributed by atoms with Crippen LogP contribution < -0.4 is 0 Å². The van der Waals surface area contributed by atoms with Crippen molar-refractivity contribution in [3.63, 3.8) is 0 Å². The molecule has 0 bridgehead atoms. The Bertz CT molecular complexity index is 477. The highest BCUT2D eigenvalue weighted by Gasteiger charge is 2.03. The van der Waals surface area contributed by atoms with Gasteiger partial charge in [0.05, 0.1) is 0 Å². The van der Waals surface area contributed by atoms with Crippen LogP contribution in [-0.4, -0.2) is 6.29 Å². The molecule has 14 heavy (non-hydrogen) atoms. The molecule has 0 saturated carbocycles. The van der Waals surface area contributed by atoms with Gasteiger partial charge < -0.3 is 0 Å². The quantitative estimate of drug-likeness (QED) is 0.587. The van der Waals surface area contributed by atoms with Crippen molar-refractivity contribution in [3.8, 4) is 0 Å². The lowest BCUT2D eigenvalue weighted by molar-refractivity contribution is 0.112. The summed E-state index contributed by atoms with van der Waals surface area (Å²) in [5.74, 6) is 0. The summed E-state index contributed by atoms with van der Waals surface area (Å²) in [6.45, 7) is 0.